The summed E-state index contributed by atoms with van der Waals surface area (Å²) in [5, 5.41) is 17.7. The lowest BCUT2D eigenvalue weighted by atomic mass is 9.97. The molecule has 0 fully saturated rings. The summed E-state index contributed by atoms with van der Waals surface area (Å²) in [6, 6.07) is 19.1. The highest BCUT2D eigenvalue weighted by atomic mass is 16.5. The molecule has 0 amide bonds. The molecule has 0 aliphatic rings. The zero-order valence-corrected chi connectivity index (χ0v) is 12.1. The Bertz CT molecular complexity index is 644. The van der Waals surface area contributed by atoms with E-state index in [1.165, 1.54) is 0 Å². The molecular formula is C18H17NO3. The third kappa shape index (κ3) is 4.64. The van der Waals surface area contributed by atoms with Crippen molar-refractivity contribution >= 4 is 5.97 Å². The second-order valence-corrected chi connectivity index (χ2v) is 5.02. The molecule has 112 valence electrons. The summed E-state index contributed by atoms with van der Waals surface area (Å²) in [4.78, 5) is 11.0. The molecule has 22 heavy (non-hydrogen) atoms. The van der Waals surface area contributed by atoms with Gasteiger partial charge in [-0.1, -0.05) is 42.5 Å². The van der Waals surface area contributed by atoms with Crippen LogP contribution in [0.4, 0.5) is 0 Å². The van der Waals surface area contributed by atoms with Gasteiger partial charge in [-0.05, 0) is 29.7 Å². The highest BCUT2D eigenvalue weighted by Crippen LogP contribution is 2.18. The largest absolute Gasteiger partial charge is 0.489 e. The summed E-state index contributed by atoms with van der Waals surface area (Å²) in [7, 11) is 0. The second kappa shape index (κ2) is 7.84. The highest BCUT2D eigenvalue weighted by molar-refractivity contribution is 5.70. The zero-order chi connectivity index (χ0) is 15.8. The molecule has 1 N–H and O–H groups in total. The van der Waals surface area contributed by atoms with Crippen molar-refractivity contribution in [3.8, 4) is 11.8 Å². The molecule has 0 saturated heterocycles. The van der Waals surface area contributed by atoms with E-state index in [0.29, 0.717) is 13.0 Å². The van der Waals surface area contributed by atoms with Gasteiger partial charge in [0.05, 0.1) is 12.0 Å². The fourth-order valence-corrected chi connectivity index (χ4v) is 2.10. The number of carboxylic acid groups (broad SMARTS) is 1. The summed E-state index contributed by atoms with van der Waals surface area (Å²) in [6.45, 7) is 0.492. The Balaban J connectivity index is 1.92. The van der Waals surface area contributed by atoms with E-state index in [9.17, 15) is 4.79 Å². The van der Waals surface area contributed by atoms with E-state index in [2.05, 4.69) is 0 Å². The predicted octanol–water partition coefficient (Wildman–Crippen LogP) is 3.42. The van der Waals surface area contributed by atoms with Crippen molar-refractivity contribution in [3.05, 3.63) is 65.7 Å². The lowest BCUT2D eigenvalue weighted by molar-refractivity contribution is -0.141. The Kier molecular flexibility index (Phi) is 5.56. The lowest BCUT2D eigenvalue weighted by Gasteiger charge is -2.10. The van der Waals surface area contributed by atoms with Gasteiger partial charge in [-0.25, -0.2) is 0 Å². The molecule has 2 rings (SSSR count). The summed E-state index contributed by atoms with van der Waals surface area (Å²) in [5.41, 5.74) is 1.97. The van der Waals surface area contributed by atoms with Crippen LogP contribution in [0.3, 0.4) is 0 Å². The van der Waals surface area contributed by atoms with Gasteiger partial charge in [-0.3, -0.25) is 4.79 Å². The van der Waals surface area contributed by atoms with Crippen LogP contribution in [0.15, 0.2) is 54.6 Å². The van der Waals surface area contributed by atoms with Gasteiger partial charge in [0, 0.05) is 6.42 Å². The molecule has 0 saturated carbocycles. The number of aliphatic carboxylic acids is 1. The van der Waals surface area contributed by atoms with Gasteiger partial charge in [-0.2, -0.15) is 5.26 Å². The van der Waals surface area contributed by atoms with Crippen molar-refractivity contribution in [1.29, 1.82) is 5.26 Å². The van der Waals surface area contributed by atoms with Gasteiger partial charge < -0.3 is 9.84 Å². The average molecular weight is 295 g/mol. The number of nitrogens with zero attached hydrogens (tertiary/aromatic N) is 1. The molecule has 2 aromatic carbocycles. The first kappa shape index (κ1) is 15.6. The average Bonchev–Trinajstić information content (AvgIpc) is 2.54. The number of ether oxygens (including phenoxy) is 1. The molecule has 0 unspecified atom stereocenters. The molecular weight excluding hydrogens is 278 g/mol. The standard InChI is InChI=1S/C18H17NO3/c19-11-10-16(18(20)21)12-14-6-8-17(9-7-14)22-13-15-4-2-1-3-5-15/h1-9,16H,10,12-13H2,(H,20,21)/t16-/m1/s1. The molecule has 0 radical (unpaired) electrons. The first-order chi connectivity index (χ1) is 10.7. The van der Waals surface area contributed by atoms with Crippen molar-refractivity contribution in [2.24, 2.45) is 5.92 Å². The van der Waals surface area contributed by atoms with E-state index in [4.69, 9.17) is 15.1 Å². The number of carbonyl (C=O) groups is 1. The molecule has 1 atom stereocenters. The van der Waals surface area contributed by atoms with E-state index in [1.807, 2.05) is 60.7 Å². The van der Waals surface area contributed by atoms with E-state index in [0.717, 1.165) is 16.9 Å². The quantitative estimate of drug-likeness (QED) is 0.849. The minimum Gasteiger partial charge on any atom is -0.489 e. The molecule has 0 aromatic heterocycles. The molecule has 0 bridgehead atoms. The number of carboxylic acids is 1. The Morgan fingerprint density at radius 3 is 2.36 bits per heavy atom. The number of rotatable bonds is 7. The van der Waals surface area contributed by atoms with Gasteiger partial charge in [0.2, 0.25) is 0 Å². The van der Waals surface area contributed by atoms with Crippen LogP contribution in [0.2, 0.25) is 0 Å². The van der Waals surface area contributed by atoms with Crippen molar-refractivity contribution in [2.75, 3.05) is 0 Å². The van der Waals surface area contributed by atoms with Gasteiger partial charge in [0.25, 0.3) is 0 Å². The monoisotopic (exact) mass is 295 g/mol. The van der Waals surface area contributed by atoms with Crippen molar-refractivity contribution in [1.82, 2.24) is 0 Å². The number of hydrogen-bond acceptors (Lipinski definition) is 3. The third-order valence-electron chi connectivity index (χ3n) is 3.34. The molecule has 4 nitrogen and oxygen atoms in total. The van der Waals surface area contributed by atoms with Crippen LogP contribution in [0.25, 0.3) is 0 Å². The van der Waals surface area contributed by atoms with Crippen LogP contribution >= 0.6 is 0 Å². The maximum Gasteiger partial charge on any atom is 0.307 e. The minimum absolute atomic E-state index is 0.0155. The van der Waals surface area contributed by atoms with Crippen LogP contribution < -0.4 is 4.74 Å². The first-order valence-corrected chi connectivity index (χ1v) is 7.04. The van der Waals surface area contributed by atoms with Gasteiger partial charge >= 0.3 is 5.97 Å². The Morgan fingerprint density at radius 1 is 1.09 bits per heavy atom. The van der Waals surface area contributed by atoms with Gasteiger partial charge in [-0.15, -0.1) is 0 Å². The van der Waals surface area contributed by atoms with E-state index in [-0.39, 0.29) is 6.42 Å². The third-order valence-corrected chi connectivity index (χ3v) is 3.34. The lowest BCUT2D eigenvalue weighted by Crippen LogP contribution is -2.15. The zero-order valence-electron chi connectivity index (χ0n) is 12.1. The van der Waals surface area contributed by atoms with Crippen molar-refractivity contribution in [3.63, 3.8) is 0 Å². The highest BCUT2D eigenvalue weighted by Gasteiger charge is 2.17. The Labute approximate surface area is 129 Å². The topological polar surface area (TPSA) is 70.3 Å². The first-order valence-electron chi connectivity index (χ1n) is 7.04. The van der Waals surface area contributed by atoms with Crippen molar-refractivity contribution in [2.45, 2.75) is 19.4 Å². The second-order valence-electron chi connectivity index (χ2n) is 5.02. The summed E-state index contributed by atoms with van der Waals surface area (Å²) in [5.74, 6) is -0.869. The molecule has 0 heterocycles. The van der Waals surface area contributed by atoms with Crippen LogP contribution in [-0.2, 0) is 17.8 Å². The van der Waals surface area contributed by atoms with Gasteiger partial charge in [0.1, 0.15) is 12.4 Å². The van der Waals surface area contributed by atoms with E-state index in [1.54, 1.807) is 0 Å². The fraction of sp³-hybridized carbons (Fsp3) is 0.222. The summed E-state index contributed by atoms with van der Waals surface area (Å²) < 4.78 is 5.68. The Hall–Kier alpha value is -2.80. The maximum atomic E-state index is 11.0. The Morgan fingerprint density at radius 2 is 1.77 bits per heavy atom. The number of hydrogen-bond donors (Lipinski definition) is 1. The molecule has 0 spiro atoms. The fourth-order valence-electron chi connectivity index (χ4n) is 2.10. The molecule has 4 heteroatoms. The SMILES string of the molecule is N#CC[C@H](Cc1ccc(OCc2ccccc2)cc1)C(=O)O. The van der Waals surface area contributed by atoms with Crippen LogP contribution in [0, 0.1) is 17.2 Å². The number of nitriles is 1. The van der Waals surface area contributed by atoms with Crippen LogP contribution in [0.1, 0.15) is 17.5 Å². The van der Waals surface area contributed by atoms with Crippen LogP contribution in [0.5, 0.6) is 5.75 Å². The van der Waals surface area contributed by atoms with Crippen LogP contribution in [-0.4, -0.2) is 11.1 Å². The van der Waals surface area contributed by atoms with E-state index >= 15 is 0 Å². The van der Waals surface area contributed by atoms with Gasteiger partial charge in [0.15, 0.2) is 0 Å². The molecule has 2 aromatic rings. The minimum atomic E-state index is -0.939. The molecule has 0 aliphatic carbocycles. The predicted molar refractivity (Wildman–Crippen MR) is 82.3 cm³/mol. The summed E-state index contributed by atoms with van der Waals surface area (Å²) >= 11 is 0. The normalized spacial score (nSPS) is 11.4. The number of benzene rings is 2. The van der Waals surface area contributed by atoms with Crippen molar-refractivity contribution < 1.29 is 14.6 Å². The molecule has 0 aliphatic heterocycles. The maximum absolute atomic E-state index is 11.0. The summed E-state index contributed by atoms with van der Waals surface area (Å²) in [6.07, 6.45) is 0.365. The smallest absolute Gasteiger partial charge is 0.307 e. The van der Waals surface area contributed by atoms with E-state index < -0.39 is 11.9 Å².